The summed E-state index contributed by atoms with van der Waals surface area (Å²) in [6.07, 6.45) is 6.07. The topological polar surface area (TPSA) is 101 Å². The van der Waals surface area contributed by atoms with Gasteiger partial charge in [-0.05, 0) is 19.8 Å². The number of oxazole rings is 1. The Balaban J connectivity index is 1.90. The van der Waals surface area contributed by atoms with E-state index in [-0.39, 0.29) is 23.6 Å². The molecule has 126 valence electrons. The summed E-state index contributed by atoms with van der Waals surface area (Å²) in [5, 5.41) is 2.77. The molecule has 2 aromatic rings. The first-order valence-corrected chi connectivity index (χ1v) is 7.82. The van der Waals surface area contributed by atoms with Gasteiger partial charge in [0.15, 0.2) is 6.39 Å². The number of aryl methyl sites for hydroxylation is 1. The van der Waals surface area contributed by atoms with Crippen LogP contribution in [0.25, 0.3) is 0 Å². The fourth-order valence-corrected chi connectivity index (χ4v) is 2.91. The van der Waals surface area contributed by atoms with Crippen LogP contribution >= 0.6 is 0 Å². The van der Waals surface area contributed by atoms with Gasteiger partial charge in [0.25, 0.3) is 5.91 Å². The molecule has 1 unspecified atom stereocenters. The van der Waals surface area contributed by atoms with Crippen LogP contribution in [-0.2, 0) is 11.3 Å². The molecule has 24 heavy (non-hydrogen) atoms. The minimum atomic E-state index is -0.197. The van der Waals surface area contributed by atoms with E-state index in [1.54, 1.807) is 11.1 Å². The number of nitrogens with zero attached hydrogens (tertiary/aromatic N) is 4. The first-order chi connectivity index (χ1) is 11.6. The van der Waals surface area contributed by atoms with Crippen molar-refractivity contribution in [3.05, 3.63) is 41.6 Å². The number of hydrogen-bond acceptors (Lipinski definition) is 6. The second-order valence-electron chi connectivity index (χ2n) is 5.76. The molecule has 8 nitrogen and oxygen atoms in total. The van der Waals surface area contributed by atoms with E-state index >= 15 is 0 Å². The first kappa shape index (κ1) is 16.1. The van der Waals surface area contributed by atoms with Gasteiger partial charge in [0.2, 0.25) is 11.7 Å². The molecule has 1 aliphatic heterocycles. The van der Waals surface area contributed by atoms with Crippen molar-refractivity contribution in [2.75, 3.05) is 6.54 Å². The third-order valence-electron chi connectivity index (χ3n) is 4.02. The van der Waals surface area contributed by atoms with E-state index in [1.165, 1.54) is 19.5 Å². The van der Waals surface area contributed by atoms with Crippen LogP contribution in [0.15, 0.2) is 23.2 Å². The van der Waals surface area contributed by atoms with E-state index in [2.05, 4.69) is 20.3 Å². The highest BCUT2D eigenvalue weighted by molar-refractivity contribution is 5.91. The Kier molecular flexibility index (Phi) is 4.54. The number of nitrogens with one attached hydrogen (secondary N) is 1. The average Bonchev–Trinajstić information content (AvgIpc) is 3.24. The molecule has 3 rings (SSSR count). The second kappa shape index (κ2) is 6.77. The molecule has 0 aromatic carbocycles. The Labute approximate surface area is 139 Å². The lowest BCUT2D eigenvalue weighted by Crippen LogP contribution is -2.32. The molecule has 0 aliphatic carbocycles. The van der Waals surface area contributed by atoms with Crippen LogP contribution in [0, 0.1) is 6.92 Å². The van der Waals surface area contributed by atoms with E-state index in [1.807, 2.05) is 6.92 Å². The third kappa shape index (κ3) is 3.27. The maximum Gasteiger partial charge on any atom is 0.291 e. The number of likely N-dealkylation sites (tertiary alicyclic amines) is 1. The van der Waals surface area contributed by atoms with Crippen molar-refractivity contribution >= 4 is 11.8 Å². The van der Waals surface area contributed by atoms with Crippen LogP contribution in [-0.4, -0.2) is 38.2 Å². The molecule has 8 heteroatoms. The molecule has 0 spiro atoms. The van der Waals surface area contributed by atoms with Gasteiger partial charge in [0.05, 0.1) is 17.9 Å². The van der Waals surface area contributed by atoms with Crippen molar-refractivity contribution in [1.29, 1.82) is 0 Å². The number of carbonyl (C=O) groups excluding carboxylic acids is 2. The van der Waals surface area contributed by atoms with Gasteiger partial charge >= 0.3 is 0 Å². The summed E-state index contributed by atoms with van der Waals surface area (Å²) in [6.45, 7) is 4.24. The summed E-state index contributed by atoms with van der Waals surface area (Å²) < 4.78 is 5.13. The van der Waals surface area contributed by atoms with E-state index in [0.717, 1.165) is 24.1 Å². The summed E-state index contributed by atoms with van der Waals surface area (Å²) >= 11 is 0. The Hall–Kier alpha value is -2.77. The van der Waals surface area contributed by atoms with Gasteiger partial charge in [-0.25, -0.2) is 15.0 Å². The predicted molar refractivity (Wildman–Crippen MR) is 83.8 cm³/mol. The lowest BCUT2D eigenvalue weighted by Gasteiger charge is -2.25. The standard InChI is InChI=1S/C16H19N5O3/c1-10-18-6-12(7-19-11(2)22)15(20-10)13-4-3-5-21(13)16(23)14-8-17-9-24-14/h6,8-9,13H,3-5,7H2,1-2H3,(H,19,22). The Morgan fingerprint density at radius 3 is 2.96 bits per heavy atom. The van der Waals surface area contributed by atoms with Gasteiger partial charge in [-0.2, -0.15) is 0 Å². The van der Waals surface area contributed by atoms with E-state index in [0.29, 0.717) is 18.9 Å². The highest BCUT2D eigenvalue weighted by Crippen LogP contribution is 2.33. The zero-order valence-corrected chi connectivity index (χ0v) is 13.7. The molecule has 2 amide bonds. The smallest absolute Gasteiger partial charge is 0.291 e. The fraction of sp³-hybridized carbons (Fsp3) is 0.438. The zero-order chi connectivity index (χ0) is 17.1. The quantitative estimate of drug-likeness (QED) is 0.909. The summed E-state index contributed by atoms with van der Waals surface area (Å²) in [4.78, 5) is 38.2. The van der Waals surface area contributed by atoms with Gasteiger partial charge in [0.1, 0.15) is 5.82 Å². The SMILES string of the molecule is CC(=O)NCc1cnc(C)nc1C1CCCN1C(=O)c1cnco1. The molecule has 3 heterocycles. The first-order valence-electron chi connectivity index (χ1n) is 7.82. The molecule has 0 bridgehead atoms. The van der Waals surface area contributed by atoms with Crippen molar-refractivity contribution in [1.82, 2.24) is 25.2 Å². The molecule has 0 saturated carbocycles. The number of aromatic nitrogens is 3. The minimum absolute atomic E-state index is 0.123. The molecular formula is C16H19N5O3. The van der Waals surface area contributed by atoms with Gasteiger partial charge in [-0.1, -0.05) is 0 Å². The van der Waals surface area contributed by atoms with Crippen LogP contribution in [0.2, 0.25) is 0 Å². The van der Waals surface area contributed by atoms with Gasteiger partial charge in [0, 0.05) is 31.8 Å². The van der Waals surface area contributed by atoms with Crippen molar-refractivity contribution in [2.24, 2.45) is 0 Å². The molecular weight excluding hydrogens is 310 g/mol. The maximum atomic E-state index is 12.6. The predicted octanol–water partition coefficient (Wildman–Crippen LogP) is 1.39. The Bertz CT molecular complexity index is 744. The lowest BCUT2D eigenvalue weighted by molar-refractivity contribution is -0.119. The highest BCUT2D eigenvalue weighted by atomic mass is 16.3. The molecule has 1 atom stereocenters. The fourth-order valence-electron chi connectivity index (χ4n) is 2.91. The molecule has 2 aromatic heterocycles. The number of rotatable bonds is 4. The monoisotopic (exact) mass is 329 g/mol. The molecule has 1 aliphatic rings. The van der Waals surface area contributed by atoms with E-state index in [9.17, 15) is 9.59 Å². The van der Waals surface area contributed by atoms with Crippen LogP contribution < -0.4 is 5.32 Å². The number of carbonyl (C=O) groups is 2. The largest absolute Gasteiger partial charge is 0.438 e. The minimum Gasteiger partial charge on any atom is -0.438 e. The highest BCUT2D eigenvalue weighted by Gasteiger charge is 2.34. The van der Waals surface area contributed by atoms with E-state index < -0.39 is 0 Å². The molecule has 1 N–H and O–H groups in total. The zero-order valence-electron chi connectivity index (χ0n) is 13.7. The Morgan fingerprint density at radius 1 is 1.42 bits per heavy atom. The molecule has 0 radical (unpaired) electrons. The normalized spacial score (nSPS) is 17.1. The van der Waals surface area contributed by atoms with Crippen molar-refractivity contribution < 1.29 is 14.0 Å². The lowest BCUT2D eigenvalue weighted by atomic mass is 10.1. The van der Waals surface area contributed by atoms with Gasteiger partial charge < -0.3 is 14.6 Å². The van der Waals surface area contributed by atoms with Crippen molar-refractivity contribution in [3.63, 3.8) is 0 Å². The second-order valence-corrected chi connectivity index (χ2v) is 5.76. The maximum absolute atomic E-state index is 12.6. The van der Waals surface area contributed by atoms with Gasteiger partial charge in [-0.15, -0.1) is 0 Å². The molecule has 1 fully saturated rings. The molecule has 1 saturated heterocycles. The number of amides is 2. The Morgan fingerprint density at radius 2 is 2.25 bits per heavy atom. The van der Waals surface area contributed by atoms with Crippen molar-refractivity contribution in [3.8, 4) is 0 Å². The van der Waals surface area contributed by atoms with Crippen LogP contribution in [0.1, 0.15) is 53.4 Å². The summed E-state index contributed by atoms with van der Waals surface area (Å²) in [6, 6.07) is -0.159. The third-order valence-corrected chi connectivity index (χ3v) is 4.02. The van der Waals surface area contributed by atoms with Gasteiger partial charge in [-0.3, -0.25) is 9.59 Å². The summed E-state index contributed by atoms with van der Waals surface area (Å²) in [5.41, 5.74) is 1.60. The summed E-state index contributed by atoms with van der Waals surface area (Å²) in [5.74, 6) is 0.533. The van der Waals surface area contributed by atoms with Crippen LogP contribution in [0.3, 0.4) is 0 Å². The van der Waals surface area contributed by atoms with Crippen molar-refractivity contribution in [2.45, 2.75) is 39.3 Å². The van der Waals surface area contributed by atoms with E-state index in [4.69, 9.17) is 4.42 Å². The van der Waals surface area contributed by atoms with Crippen LogP contribution in [0.5, 0.6) is 0 Å². The number of hydrogen-bond donors (Lipinski definition) is 1. The summed E-state index contributed by atoms with van der Waals surface area (Å²) in [7, 11) is 0. The van der Waals surface area contributed by atoms with Crippen LogP contribution in [0.4, 0.5) is 0 Å². The average molecular weight is 329 g/mol.